The molecule has 1 aromatic heterocycles. The third-order valence-electron chi connectivity index (χ3n) is 3.01. The van der Waals surface area contributed by atoms with Gasteiger partial charge in [0.1, 0.15) is 0 Å². The molecule has 5 heteroatoms. The van der Waals surface area contributed by atoms with Crippen molar-refractivity contribution in [3.8, 4) is 0 Å². The molecule has 0 unspecified atom stereocenters. The van der Waals surface area contributed by atoms with E-state index < -0.39 is 0 Å². The number of rotatable bonds is 5. The predicted molar refractivity (Wildman–Crippen MR) is 71.7 cm³/mol. The first-order chi connectivity index (χ1) is 8.33. The van der Waals surface area contributed by atoms with Gasteiger partial charge in [-0.15, -0.1) is 11.3 Å². The van der Waals surface area contributed by atoms with Crippen molar-refractivity contribution in [3.05, 3.63) is 11.1 Å². The van der Waals surface area contributed by atoms with E-state index in [0.717, 1.165) is 49.9 Å². The first kappa shape index (κ1) is 12.8. The molecular weight excluding hydrogens is 234 g/mol. The van der Waals surface area contributed by atoms with Gasteiger partial charge < -0.3 is 15.0 Å². The summed E-state index contributed by atoms with van der Waals surface area (Å²) in [6.07, 6.45) is 2.69. The molecule has 0 amide bonds. The van der Waals surface area contributed by atoms with Gasteiger partial charge in [-0.05, 0) is 26.8 Å². The number of hydrogen-bond donors (Lipinski definition) is 1. The minimum atomic E-state index is 0.452. The van der Waals surface area contributed by atoms with Crippen LogP contribution in [0.3, 0.4) is 0 Å². The fraction of sp³-hybridized carbons (Fsp3) is 0.750. The number of anilines is 1. The lowest BCUT2D eigenvalue weighted by atomic mass is 10.1. The van der Waals surface area contributed by atoms with Crippen molar-refractivity contribution in [3.63, 3.8) is 0 Å². The van der Waals surface area contributed by atoms with Crippen molar-refractivity contribution in [2.24, 2.45) is 0 Å². The Hall–Kier alpha value is -0.650. The minimum absolute atomic E-state index is 0.452. The van der Waals surface area contributed by atoms with Gasteiger partial charge in [-0.1, -0.05) is 0 Å². The number of ether oxygens (including phenoxy) is 1. The Bertz CT molecular complexity index is 334. The van der Waals surface area contributed by atoms with Gasteiger partial charge in [0.05, 0.1) is 11.8 Å². The molecule has 0 atom stereocenters. The molecule has 2 heterocycles. The highest BCUT2D eigenvalue weighted by Gasteiger charge is 2.21. The number of nitrogens with zero attached hydrogens (tertiary/aromatic N) is 2. The molecule has 0 aliphatic carbocycles. The number of nitrogens with one attached hydrogen (secondary N) is 1. The number of hydrogen-bond acceptors (Lipinski definition) is 5. The van der Waals surface area contributed by atoms with Crippen LogP contribution in [-0.2, 0) is 11.3 Å². The minimum Gasteiger partial charge on any atom is -0.378 e. The van der Waals surface area contributed by atoms with E-state index in [0.29, 0.717) is 6.10 Å². The fourth-order valence-corrected chi connectivity index (χ4v) is 3.03. The Kier molecular flexibility index (Phi) is 4.76. The lowest BCUT2D eigenvalue weighted by molar-refractivity contribution is 0.0459. The first-order valence-electron chi connectivity index (χ1n) is 6.29. The summed E-state index contributed by atoms with van der Waals surface area (Å²) in [5.74, 6) is 0. The van der Waals surface area contributed by atoms with Gasteiger partial charge in [-0.3, -0.25) is 0 Å². The fourth-order valence-electron chi connectivity index (χ4n) is 2.15. The molecule has 1 fully saturated rings. The van der Waals surface area contributed by atoms with Gasteiger partial charge in [-0.25, -0.2) is 4.98 Å². The van der Waals surface area contributed by atoms with Crippen molar-refractivity contribution < 1.29 is 4.74 Å². The molecule has 1 saturated heterocycles. The van der Waals surface area contributed by atoms with Gasteiger partial charge in [0.2, 0.25) is 0 Å². The maximum Gasteiger partial charge on any atom is 0.185 e. The molecule has 2 rings (SSSR count). The standard InChI is InChI=1S/C12H21N3OS/c1-3-16-11-4-6-15(7-5-11)12-14-10(8-13-2)9-17-12/h9,11,13H,3-8H2,1-2H3. The van der Waals surface area contributed by atoms with E-state index in [1.165, 1.54) is 0 Å². The highest BCUT2D eigenvalue weighted by Crippen LogP contribution is 2.24. The molecule has 0 bridgehead atoms. The summed E-state index contributed by atoms with van der Waals surface area (Å²) >= 11 is 1.74. The molecule has 4 nitrogen and oxygen atoms in total. The zero-order chi connectivity index (χ0) is 12.1. The summed E-state index contributed by atoms with van der Waals surface area (Å²) in [6.45, 7) is 5.88. The average molecular weight is 255 g/mol. The van der Waals surface area contributed by atoms with E-state index in [-0.39, 0.29) is 0 Å². The van der Waals surface area contributed by atoms with Crippen molar-refractivity contribution >= 4 is 16.5 Å². The van der Waals surface area contributed by atoms with E-state index in [2.05, 4.69) is 27.5 Å². The van der Waals surface area contributed by atoms with E-state index >= 15 is 0 Å². The van der Waals surface area contributed by atoms with Gasteiger partial charge in [0.25, 0.3) is 0 Å². The third kappa shape index (κ3) is 3.40. The number of piperidine rings is 1. The van der Waals surface area contributed by atoms with E-state index in [9.17, 15) is 0 Å². The topological polar surface area (TPSA) is 37.4 Å². The van der Waals surface area contributed by atoms with Crippen LogP contribution in [0.25, 0.3) is 0 Å². The summed E-state index contributed by atoms with van der Waals surface area (Å²) in [4.78, 5) is 7.01. The first-order valence-corrected chi connectivity index (χ1v) is 7.17. The second-order valence-electron chi connectivity index (χ2n) is 4.29. The van der Waals surface area contributed by atoms with Gasteiger partial charge in [0.15, 0.2) is 5.13 Å². The van der Waals surface area contributed by atoms with Crippen molar-refractivity contribution in [1.29, 1.82) is 0 Å². The van der Waals surface area contributed by atoms with Crippen LogP contribution in [0, 0.1) is 0 Å². The highest BCUT2D eigenvalue weighted by atomic mass is 32.1. The van der Waals surface area contributed by atoms with Crippen LogP contribution >= 0.6 is 11.3 Å². The third-order valence-corrected chi connectivity index (χ3v) is 3.96. The van der Waals surface area contributed by atoms with Gasteiger partial charge >= 0.3 is 0 Å². The van der Waals surface area contributed by atoms with Crippen LogP contribution in [0.2, 0.25) is 0 Å². The molecule has 0 saturated carbocycles. The van der Waals surface area contributed by atoms with Crippen molar-refractivity contribution in [2.45, 2.75) is 32.4 Å². The molecule has 96 valence electrons. The largest absolute Gasteiger partial charge is 0.378 e. The maximum atomic E-state index is 5.66. The smallest absolute Gasteiger partial charge is 0.185 e. The molecule has 1 aliphatic heterocycles. The summed E-state index contributed by atoms with van der Waals surface area (Å²) in [7, 11) is 1.95. The van der Waals surface area contributed by atoms with Crippen molar-refractivity contribution in [2.75, 3.05) is 31.6 Å². The molecule has 0 radical (unpaired) electrons. The number of aromatic nitrogens is 1. The predicted octanol–water partition coefficient (Wildman–Crippen LogP) is 1.87. The lowest BCUT2D eigenvalue weighted by Gasteiger charge is -2.31. The monoisotopic (exact) mass is 255 g/mol. The molecule has 0 aromatic carbocycles. The Morgan fingerprint density at radius 1 is 1.53 bits per heavy atom. The van der Waals surface area contributed by atoms with Crippen LogP contribution in [0.15, 0.2) is 5.38 Å². The summed E-state index contributed by atoms with van der Waals surface area (Å²) in [5.41, 5.74) is 1.14. The second-order valence-corrected chi connectivity index (χ2v) is 5.13. The lowest BCUT2D eigenvalue weighted by Crippen LogP contribution is -2.37. The van der Waals surface area contributed by atoms with Gasteiger partial charge in [0, 0.05) is 31.6 Å². The Morgan fingerprint density at radius 3 is 2.94 bits per heavy atom. The normalized spacial score (nSPS) is 17.6. The highest BCUT2D eigenvalue weighted by molar-refractivity contribution is 7.13. The molecule has 1 aromatic rings. The second kappa shape index (κ2) is 6.33. The van der Waals surface area contributed by atoms with E-state index in [4.69, 9.17) is 4.74 Å². The van der Waals surface area contributed by atoms with E-state index in [1.54, 1.807) is 11.3 Å². The summed E-state index contributed by atoms with van der Waals surface area (Å²) in [5, 5.41) is 6.43. The zero-order valence-corrected chi connectivity index (χ0v) is 11.4. The van der Waals surface area contributed by atoms with Crippen LogP contribution in [0.4, 0.5) is 5.13 Å². The Labute approximate surface area is 107 Å². The quantitative estimate of drug-likeness (QED) is 0.871. The summed E-state index contributed by atoms with van der Waals surface area (Å²) in [6, 6.07) is 0. The molecule has 17 heavy (non-hydrogen) atoms. The van der Waals surface area contributed by atoms with Crippen LogP contribution in [-0.4, -0.2) is 37.8 Å². The van der Waals surface area contributed by atoms with Crippen LogP contribution in [0.1, 0.15) is 25.5 Å². The Morgan fingerprint density at radius 2 is 2.29 bits per heavy atom. The summed E-state index contributed by atoms with van der Waals surface area (Å²) < 4.78 is 5.66. The SMILES string of the molecule is CCOC1CCN(c2nc(CNC)cs2)CC1. The molecule has 1 aliphatic rings. The van der Waals surface area contributed by atoms with E-state index in [1.807, 2.05) is 7.05 Å². The molecular formula is C12H21N3OS. The number of thiazole rings is 1. The van der Waals surface area contributed by atoms with Crippen LogP contribution < -0.4 is 10.2 Å². The molecule has 1 N–H and O–H groups in total. The Balaban J connectivity index is 1.86. The van der Waals surface area contributed by atoms with Gasteiger partial charge in [-0.2, -0.15) is 0 Å². The van der Waals surface area contributed by atoms with Crippen LogP contribution in [0.5, 0.6) is 0 Å². The zero-order valence-electron chi connectivity index (χ0n) is 10.6. The average Bonchev–Trinajstić information content (AvgIpc) is 2.80. The van der Waals surface area contributed by atoms with Crippen molar-refractivity contribution in [1.82, 2.24) is 10.3 Å². The maximum absolute atomic E-state index is 5.66. The molecule has 0 spiro atoms.